The Bertz CT molecular complexity index is 253. The van der Waals surface area contributed by atoms with Gasteiger partial charge in [-0.1, -0.05) is 77.6 Å². The summed E-state index contributed by atoms with van der Waals surface area (Å²) in [6.45, 7) is 4.57. The fourth-order valence-electron chi connectivity index (χ4n) is 2.89. The molecule has 0 amide bonds. The standard InChI is InChI=1S/C20H40O3/c1-3-5-6-10-13-16-19(21)17-14-11-8-7-9-12-15-18-20(22)23-4-2/h19,21H,3-18H2,1-2H3. The van der Waals surface area contributed by atoms with Crippen LogP contribution in [0, 0.1) is 0 Å². The van der Waals surface area contributed by atoms with Gasteiger partial charge in [0.2, 0.25) is 0 Å². The van der Waals surface area contributed by atoms with Crippen molar-refractivity contribution in [2.45, 2.75) is 116 Å². The van der Waals surface area contributed by atoms with E-state index in [2.05, 4.69) is 6.92 Å². The van der Waals surface area contributed by atoms with E-state index in [1.54, 1.807) is 0 Å². The molecule has 0 saturated carbocycles. The first kappa shape index (κ1) is 22.4. The Morgan fingerprint density at radius 3 is 1.78 bits per heavy atom. The van der Waals surface area contributed by atoms with Crippen LogP contribution in [0.5, 0.6) is 0 Å². The summed E-state index contributed by atoms with van der Waals surface area (Å²) in [4.78, 5) is 11.2. The summed E-state index contributed by atoms with van der Waals surface area (Å²) in [6.07, 6.45) is 17.0. The van der Waals surface area contributed by atoms with Crippen LogP contribution in [0.3, 0.4) is 0 Å². The molecule has 3 nitrogen and oxygen atoms in total. The Hall–Kier alpha value is -0.570. The van der Waals surface area contributed by atoms with Crippen LogP contribution in [0.25, 0.3) is 0 Å². The molecular weight excluding hydrogens is 288 g/mol. The fraction of sp³-hybridized carbons (Fsp3) is 0.950. The molecule has 1 unspecified atom stereocenters. The van der Waals surface area contributed by atoms with Gasteiger partial charge in [-0.15, -0.1) is 0 Å². The van der Waals surface area contributed by atoms with Gasteiger partial charge in [0.1, 0.15) is 0 Å². The van der Waals surface area contributed by atoms with Crippen LogP contribution >= 0.6 is 0 Å². The Morgan fingerprint density at radius 2 is 1.26 bits per heavy atom. The Balaban J connectivity index is 3.18. The van der Waals surface area contributed by atoms with E-state index in [1.807, 2.05) is 6.92 Å². The summed E-state index contributed by atoms with van der Waals surface area (Å²) in [5.74, 6) is -0.0591. The lowest BCUT2D eigenvalue weighted by Gasteiger charge is -2.10. The van der Waals surface area contributed by atoms with Crippen LogP contribution in [0.15, 0.2) is 0 Å². The molecule has 138 valence electrons. The van der Waals surface area contributed by atoms with Gasteiger partial charge in [0.15, 0.2) is 0 Å². The average molecular weight is 329 g/mol. The number of carbonyl (C=O) groups is 1. The number of aliphatic hydroxyl groups excluding tert-OH is 1. The maximum absolute atomic E-state index is 11.2. The second-order valence-corrected chi connectivity index (χ2v) is 6.68. The van der Waals surface area contributed by atoms with Crippen molar-refractivity contribution in [3.63, 3.8) is 0 Å². The van der Waals surface area contributed by atoms with Crippen molar-refractivity contribution in [1.29, 1.82) is 0 Å². The summed E-state index contributed by atoms with van der Waals surface area (Å²) < 4.78 is 4.91. The molecule has 23 heavy (non-hydrogen) atoms. The van der Waals surface area contributed by atoms with E-state index in [1.165, 1.54) is 57.8 Å². The molecule has 0 aliphatic rings. The third-order valence-electron chi connectivity index (χ3n) is 4.36. The first-order valence-electron chi connectivity index (χ1n) is 10.0. The van der Waals surface area contributed by atoms with Gasteiger partial charge in [-0.3, -0.25) is 4.79 Å². The summed E-state index contributed by atoms with van der Waals surface area (Å²) in [6, 6.07) is 0. The van der Waals surface area contributed by atoms with Crippen LogP contribution in [0.2, 0.25) is 0 Å². The number of ether oxygens (including phenoxy) is 1. The molecule has 0 rings (SSSR count). The normalized spacial score (nSPS) is 12.3. The highest BCUT2D eigenvalue weighted by molar-refractivity contribution is 5.69. The van der Waals surface area contributed by atoms with Crippen molar-refractivity contribution in [2.24, 2.45) is 0 Å². The molecule has 0 aliphatic heterocycles. The molecule has 0 bridgehead atoms. The summed E-state index contributed by atoms with van der Waals surface area (Å²) in [5.41, 5.74) is 0. The van der Waals surface area contributed by atoms with Gasteiger partial charge in [0.05, 0.1) is 12.7 Å². The maximum Gasteiger partial charge on any atom is 0.305 e. The van der Waals surface area contributed by atoms with E-state index >= 15 is 0 Å². The number of unbranched alkanes of at least 4 members (excludes halogenated alkanes) is 10. The molecule has 0 aromatic carbocycles. The van der Waals surface area contributed by atoms with Gasteiger partial charge >= 0.3 is 5.97 Å². The number of rotatable bonds is 17. The zero-order valence-electron chi connectivity index (χ0n) is 15.7. The van der Waals surface area contributed by atoms with Gasteiger partial charge in [0, 0.05) is 6.42 Å². The van der Waals surface area contributed by atoms with Crippen LogP contribution in [-0.2, 0) is 9.53 Å². The van der Waals surface area contributed by atoms with Crippen molar-refractivity contribution >= 4 is 5.97 Å². The van der Waals surface area contributed by atoms with Crippen LogP contribution in [0.1, 0.15) is 110 Å². The quantitative estimate of drug-likeness (QED) is 0.272. The predicted octanol–water partition coefficient (Wildman–Crippen LogP) is 5.78. The molecule has 0 saturated heterocycles. The maximum atomic E-state index is 11.2. The van der Waals surface area contributed by atoms with E-state index in [0.29, 0.717) is 13.0 Å². The Kier molecular flexibility index (Phi) is 17.3. The van der Waals surface area contributed by atoms with Crippen LogP contribution in [0.4, 0.5) is 0 Å². The topological polar surface area (TPSA) is 46.5 Å². The number of carbonyl (C=O) groups excluding carboxylic acids is 1. The van der Waals surface area contributed by atoms with Crippen molar-refractivity contribution in [2.75, 3.05) is 6.61 Å². The summed E-state index contributed by atoms with van der Waals surface area (Å²) >= 11 is 0. The molecule has 0 heterocycles. The second-order valence-electron chi connectivity index (χ2n) is 6.68. The van der Waals surface area contributed by atoms with E-state index in [4.69, 9.17) is 4.74 Å². The van der Waals surface area contributed by atoms with E-state index in [0.717, 1.165) is 32.1 Å². The minimum Gasteiger partial charge on any atom is -0.466 e. The van der Waals surface area contributed by atoms with Crippen LogP contribution < -0.4 is 0 Å². The third kappa shape index (κ3) is 17.6. The molecule has 0 aliphatic carbocycles. The van der Waals surface area contributed by atoms with Crippen molar-refractivity contribution < 1.29 is 14.6 Å². The van der Waals surface area contributed by atoms with E-state index in [9.17, 15) is 9.90 Å². The number of hydrogen-bond acceptors (Lipinski definition) is 3. The number of esters is 1. The zero-order chi connectivity index (χ0) is 17.2. The molecule has 3 heteroatoms. The van der Waals surface area contributed by atoms with Gasteiger partial charge in [0.25, 0.3) is 0 Å². The minimum atomic E-state index is -0.0822. The first-order chi connectivity index (χ1) is 11.2. The predicted molar refractivity (Wildman–Crippen MR) is 97.6 cm³/mol. The Labute approximate surface area is 144 Å². The van der Waals surface area contributed by atoms with E-state index < -0.39 is 0 Å². The molecular formula is C20H40O3. The molecule has 1 atom stereocenters. The molecule has 0 radical (unpaired) electrons. The molecule has 0 spiro atoms. The highest BCUT2D eigenvalue weighted by Gasteiger charge is 2.04. The van der Waals surface area contributed by atoms with E-state index in [-0.39, 0.29) is 12.1 Å². The summed E-state index contributed by atoms with van der Waals surface area (Å²) in [5, 5.41) is 9.93. The second kappa shape index (κ2) is 17.8. The highest BCUT2D eigenvalue weighted by Crippen LogP contribution is 2.14. The molecule has 0 aromatic heterocycles. The lowest BCUT2D eigenvalue weighted by molar-refractivity contribution is -0.143. The van der Waals surface area contributed by atoms with Crippen molar-refractivity contribution in [3.8, 4) is 0 Å². The largest absolute Gasteiger partial charge is 0.466 e. The SMILES string of the molecule is CCCCCCCC(O)CCCCCCCCCC(=O)OCC. The van der Waals surface area contributed by atoms with Gasteiger partial charge < -0.3 is 9.84 Å². The number of hydrogen-bond donors (Lipinski definition) is 1. The average Bonchev–Trinajstić information content (AvgIpc) is 2.53. The van der Waals surface area contributed by atoms with Crippen LogP contribution in [-0.4, -0.2) is 23.8 Å². The van der Waals surface area contributed by atoms with Crippen molar-refractivity contribution in [3.05, 3.63) is 0 Å². The van der Waals surface area contributed by atoms with Gasteiger partial charge in [-0.2, -0.15) is 0 Å². The summed E-state index contributed by atoms with van der Waals surface area (Å²) in [7, 11) is 0. The third-order valence-corrected chi connectivity index (χ3v) is 4.36. The van der Waals surface area contributed by atoms with Crippen molar-refractivity contribution in [1.82, 2.24) is 0 Å². The highest BCUT2D eigenvalue weighted by atomic mass is 16.5. The number of aliphatic hydroxyl groups is 1. The molecule has 0 fully saturated rings. The minimum absolute atomic E-state index is 0.0591. The molecule has 0 aromatic rings. The van der Waals surface area contributed by atoms with Gasteiger partial charge in [-0.25, -0.2) is 0 Å². The Morgan fingerprint density at radius 1 is 0.783 bits per heavy atom. The fourth-order valence-corrected chi connectivity index (χ4v) is 2.89. The lowest BCUT2D eigenvalue weighted by atomic mass is 10.0. The smallest absolute Gasteiger partial charge is 0.305 e. The lowest BCUT2D eigenvalue weighted by Crippen LogP contribution is -2.05. The first-order valence-corrected chi connectivity index (χ1v) is 10.0. The zero-order valence-corrected chi connectivity index (χ0v) is 15.7. The molecule has 1 N–H and O–H groups in total. The van der Waals surface area contributed by atoms with Gasteiger partial charge in [-0.05, 0) is 26.2 Å². The monoisotopic (exact) mass is 328 g/mol.